The number of rotatable bonds is 8. The molecule has 0 atom stereocenters. The van der Waals surface area contributed by atoms with E-state index in [9.17, 15) is 14.7 Å². The van der Waals surface area contributed by atoms with Crippen LogP contribution < -0.4 is 4.74 Å². The highest BCUT2D eigenvalue weighted by molar-refractivity contribution is 8.18. The highest BCUT2D eigenvalue weighted by atomic mass is 32.2. The predicted molar refractivity (Wildman–Crippen MR) is 97.7 cm³/mol. The molecule has 0 aliphatic carbocycles. The molecule has 1 N–H and O–H groups in total. The summed E-state index contributed by atoms with van der Waals surface area (Å²) >= 11 is 0.906. The van der Waals surface area contributed by atoms with Crippen molar-refractivity contribution in [3.63, 3.8) is 0 Å². The highest BCUT2D eigenvalue weighted by Gasteiger charge is 2.34. The van der Waals surface area contributed by atoms with Crippen molar-refractivity contribution in [3.8, 4) is 11.5 Å². The molecule has 25 heavy (non-hydrogen) atoms. The van der Waals surface area contributed by atoms with E-state index in [1.165, 1.54) is 12.0 Å². The molecule has 0 aromatic heterocycles. The molecule has 1 aliphatic rings. The first-order valence-electron chi connectivity index (χ1n) is 7.76. The number of carbonyl (C=O) groups excluding carboxylic acids is 2. The van der Waals surface area contributed by atoms with Crippen LogP contribution in [0.5, 0.6) is 11.5 Å². The zero-order chi connectivity index (χ0) is 18.4. The van der Waals surface area contributed by atoms with Crippen molar-refractivity contribution in [2.45, 2.75) is 12.8 Å². The molecule has 0 unspecified atom stereocenters. The van der Waals surface area contributed by atoms with Crippen molar-refractivity contribution < 1.29 is 24.2 Å². The standard InChI is InChI=1S/C18H21NO5S/c1-4-6-13-9-12(10-14(24-3)16(13)20)11-15-17(21)19(18(22)25-15)7-5-8-23-2/h4,9-11,20H,1,5-8H2,2-3H3/b15-11+. The average molecular weight is 363 g/mol. The number of hydrogen-bond donors (Lipinski definition) is 1. The third-order valence-corrected chi connectivity index (χ3v) is 4.57. The lowest BCUT2D eigenvalue weighted by atomic mass is 10.1. The van der Waals surface area contributed by atoms with Crippen molar-refractivity contribution in [2.24, 2.45) is 0 Å². The van der Waals surface area contributed by atoms with Gasteiger partial charge in [-0.25, -0.2) is 0 Å². The molecule has 0 radical (unpaired) electrons. The zero-order valence-corrected chi connectivity index (χ0v) is 15.1. The number of phenolic OH excluding ortho intramolecular Hbond substituents is 1. The summed E-state index contributed by atoms with van der Waals surface area (Å²) in [5.41, 5.74) is 1.31. The second kappa shape index (κ2) is 8.73. The van der Waals surface area contributed by atoms with Gasteiger partial charge in [0.1, 0.15) is 0 Å². The zero-order valence-electron chi connectivity index (χ0n) is 14.3. The number of ether oxygens (including phenoxy) is 2. The van der Waals surface area contributed by atoms with Gasteiger partial charge < -0.3 is 14.6 Å². The van der Waals surface area contributed by atoms with Crippen LogP contribution in [0.3, 0.4) is 0 Å². The maximum Gasteiger partial charge on any atom is 0.293 e. The molecule has 7 heteroatoms. The molecule has 2 rings (SSSR count). The number of hydrogen-bond acceptors (Lipinski definition) is 6. The fourth-order valence-corrected chi connectivity index (χ4v) is 3.32. The summed E-state index contributed by atoms with van der Waals surface area (Å²) in [5, 5.41) is 9.83. The quantitative estimate of drug-likeness (QED) is 0.434. The van der Waals surface area contributed by atoms with Crippen LogP contribution in [-0.4, -0.2) is 48.5 Å². The minimum Gasteiger partial charge on any atom is -0.504 e. The van der Waals surface area contributed by atoms with Crippen LogP contribution in [0.25, 0.3) is 6.08 Å². The molecule has 1 saturated heterocycles. The lowest BCUT2D eigenvalue weighted by molar-refractivity contribution is -0.122. The van der Waals surface area contributed by atoms with Crippen LogP contribution in [0.2, 0.25) is 0 Å². The Balaban J connectivity index is 2.28. The van der Waals surface area contributed by atoms with Gasteiger partial charge in [0.25, 0.3) is 11.1 Å². The SMILES string of the molecule is C=CCc1cc(/C=C2/SC(=O)N(CCCOC)C2=O)cc(OC)c1O. The summed E-state index contributed by atoms with van der Waals surface area (Å²) in [5.74, 6) is 0.0422. The molecule has 1 aliphatic heterocycles. The Kier molecular flexibility index (Phi) is 6.66. The van der Waals surface area contributed by atoms with Gasteiger partial charge in [-0.15, -0.1) is 6.58 Å². The molecular weight excluding hydrogens is 342 g/mol. The predicted octanol–water partition coefficient (Wildman–Crippen LogP) is 3.20. The third-order valence-electron chi connectivity index (χ3n) is 3.66. The Morgan fingerprint density at radius 2 is 2.08 bits per heavy atom. The van der Waals surface area contributed by atoms with Gasteiger partial charge in [-0.3, -0.25) is 14.5 Å². The topological polar surface area (TPSA) is 76.1 Å². The largest absolute Gasteiger partial charge is 0.504 e. The molecule has 1 aromatic carbocycles. The summed E-state index contributed by atoms with van der Waals surface area (Å²) in [6, 6.07) is 3.37. The van der Waals surface area contributed by atoms with E-state index in [0.717, 1.165) is 11.8 Å². The van der Waals surface area contributed by atoms with Gasteiger partial charge in [-0.2, -0.15) is 0 Å². The van der Waals surface area contributed by atoms with E-state index < -0.39 is 0 Å². The number of allylic oxidation sites excluding steroid dienone is 1. The number of carbonyl (C=O) groups is 2. The monoisotopic (exact) mass is 363 g/mol. The van der Waals surface area contributed by atoms with Crippen LogP contribution in [0.4, 0.5) is 4.79 Å². The Hall–Kier alpha value is -2.25. The van der Waals surface area contributed by atoms with Gasteiger partial charge in [0.2, 0.25) is 0 Å². The second-order valence-electron chi connectivity index (χ2n) is 5.40. The van der Waals surface area contributed by atoms with E-state index >= 15 is 0 Å². The van der Waals surface area contributed by atoms with Gasteiger partial charge in [0.05, 0.1) is 12.0 Å². The number of nitrogens with zero attached hydrogens (tertiary/aromatic N) is 1. The Bertz CT molecular complexity index is 714. The number of thioether (sulfide) groups is 1. The highest BCUT2D eigenvalue weighted by Crippen LogP contribution is 2.36. The molecule has 2 amide bonds. The first-order valence-corrected chi connectivity index (χ1v) is 8.58. The summed E-state index contributed by atoms with van der Waals surface area (Å²) in [4.78, 5) is 26.0. The van der Waals surface area contributed by atoms with Crippen LogP contribution in [-0.2, 0) is 16.0 Å². The van der Waals surface area contributed by atoms with Crippen LogP contribution in [0, 0.1) is 0 Å². The van der Waals surface area contributed by atoms with Crippen molar-refractivity contribution in [1.29, 1.82) is 0 Å². The van der Waals surface area contributed by atoms with Crippen molar-refractivity contribution in [3.05, 3.63) is 40.8 Å². The van der Waals surface area contributed by atoms with Gasteiger partial charge in [0, 0.05) is 25.8 Å². The van der Waals surface area contributed by atoms with Crippen LogP contribution in [0.15, 0.2) is 29.7 Å². The van der Waals surface area contributed by atoms with E-state index in [-0.39, 0.29) is 16.9 Å². The van der Waals surface area contributed by atoms with Crippen LogP contribution in [0.1, 0.15) is 17.5 Å². The number of phenols is 1. The number of methoxy groups -OCH3 is 2. The molecule has 1 aromatic rings. The second-order valence-corrected chi connectivity index (χ2v) is 6.40. The van der Waals surface area contributed by atoms with Gasteiger partial charge in [0.15, 0.2) is 11.5 Å². The van der Waals surface area contributed by atoms with E-state index in [0.29, 0.717) is 47.8 Å². The molecule has 0 saturated carbocycles. The third kappa shape index (κ3) is 4.43. The molecule has 134 valence electrons. The lowest BCUT2D eigenvalue weighted by Gasteiger charge is -2.11. The smallest absolute Gasteiger partial charge is 0.293 e. The summed E-state index contributed by atoms with van der Waals surface area (Å²) in [6.45, 7) is 4.48. The normalized spacial score (nSPS) is 15.9. The maximum absolute atomic E-state index is 12.4. The van der Waals surface area contributed by atoms with Gasteiger partial charge >= 0.3 is 0 Å². The van der Waals surface area contributed by atoms with Crippen molar-refractivity contribution in [2.75, 3.05) is 27.4 Å². The molecule has 1 heterocycles. The fraction of sp³-hybridized carbons (Fsp3) is 0.333. The molecule has 1 fully saturated rings. The Morgan fingerprint density at radius 1 is 1.32 bits per heavy atom. The summed E-state index contributed by atoms with van der Waals surface area (Å²) in [6.07, 6.45) is 4.36. The maximum atomic E-state index is 12.4. The minimum atomic E-state index is -0.316. The van der Waals surface area contributed by atoms with E-state index in [1.807, 2.05) is 0 Å². The fourth-order valence-electron chi connectivity index (χ4n) is 2.45. The number of amides is 2. The summed E-state index contributed by atoms with van der Waals surface area (Å²) in [7, 11) is 3.03. The van der Waals surface area contributed by atoms with Crippen molar-refractivity contribution in [1.82, 2.24) is 4.90 Å². The Morgan fingerprint density at radius 3 is 2.72 bits per heavy atom. The first kappa shape index (κ1) is 19.1. The van der Waals surface area contributed by atoms with E-state index in [1.54, 1.807) is 31.4 Å². The number of imide groups is 1. The van der Waals surface area contributed by atoms with E-state index in [2.05, 4.69) is 6.58 Å². The van der Waals surface area contributed by atoms with Crippen molar-refractivity contribution >= 4 is 29.0 Å². The van der Waals surface area contributed by atoms with Crippen LogP contribution >= 0.6 is 11.8 Å². The Labute approximate surface area is 151 Å². The van der Waals surface area contributed by atoms with Gasteiger partial charge in [-0.05, 0) is 48.4 Å². The molecule has 0 spiro atoms. The summed E-state index contributed by atoms with van der Waals surface area (Å²) < 4.78 is 10.1. The number of benzene rings is 1. The molecule has 0 bridgehead atoms. The van der Waals surface area contributed by atoms with E-state index in [4.69, 9.17) is 9.47 Å². The van der Waals surface area contributed by atoms with Gasteiger partial charge in [-0.1, -0.05) is 6.08 Å². The average Bonchev–Trinajstić information content (AvgIpc) is 2.85. The lowest BCUT2D eigenvalue weighted by Crippen LogP contribution is -2.29. The molecule has 6 nitrogen and oxygen atoms in total. The minimum absolute atomic E-state index is 0.0484. The molecular formula is C18H21NO5S. The first-order chi connectivity index (χ1) is 12.0. The number of aromatic hydroxyl groups is 1.